The summed E-state index contributed by atoms with van der Waals surface area (Å²) < 4.78 is 0. The Morgan fingerprint density at radius 3 is 0.818 bits per heavy atom. The lowest BCUT2D eigenvalue weighted by Gasteiger charge is -2.40. The van der Waals surface area contributed by atoms with Crippen LogP contribution in [-0.4, -0.2) is 24.5 Å². The second kappa shape index (κ2) is 7.69. The molecule has 0 aliphatic rings. The number of hydrogen-bond acceptors (Lipinski definition) is 1. The van der Waals surface area contributed by atoms with E-state index in [1.807, 2.05) is 0 Å². The van der Waals surface area contributed by atoms with Crippen LogP contribution in [0.25, 0.3) is 0 Å². The molecule has 0 aromatic carbocycles. The maximum absolute atomic E-state index is 2.74. The SMILES string of the molecule is CC(CN(CC(C)C(C)(C)C)CC(C)C(C)(C)C)C(C)(C)C. The highest BCUT2D eigenvalue weighted by Gasteiger charge is 2.29. The zero-order chi connectivity index (χ0) is 17.9. The van der Waals surface area contributed by atoms with E-state index in [0.717, 1.165) is 0 Å². The summed E-state index contributed by atoms with van der Waals surface area (Å²) >= 11 is 0. The second-order valence-corrected chi connectivity index (χ2v) is 11.0. The Bertz CT molecular complexity index is 258. The van der Waals surface area contributed by atoms with Gasteiger partial charge in [0.2, 0.25) is 0 Å². The molecule has 1 heteroatoms. The van der Waals surface area contributed by atoms with Gasteiger partial charge in [-0.1, -0.05) is 83.1 Å². The molecular weight excluding hydrogens is 266 g/mol. The molecule has 0 aromatic heterocycles. The summed E-state index contributed by atoms with van der Waals surface area (Å²) in [5.41, 5.74) is 1.15. The molecular formula is C21H45N. The van der Waals surface area contributed by atoms with Gasteiger partial charge in [-0.2, -0.15) is 0 Å². The molecule has 0 saturated heterocycles. The minimum Gasteiger partial charge on any atom is -0.302 e. The van der Waals surface area contributed by atoms with Gasteiger partial charge in [-0.05, 0) is 34.0 Å². The first-order chi connectivity index (χ1) is 9.55. The van der Waals surface area contributed by atoms with Gasteiger partial charge in [0.25, 0.3) is 0 Å². The Kier molecular flexibility index (Phi) is 7.67. The smallest absolute Gasteiger partial charge is 0.00123 e. The van der Waals surface area contributed by atoms with Crippen LogP contribution in [0.1, 0.15) is 83.1 Å². The van der Waals surface area contributed by atoms with Gasteiger partial charge in [0.1, 0.15) is 0 Å². The van der Waals surface area contributed by atoms with Crippen LogP contribution in [0.15, 0.2) is 0 Å². The van der Waals surface area contributed by atoms with E-state index in [4.69, 9.17) is 0 Å². The quantitative estimate of drug-likeness (QED) is 0.553. The van der Waals surface area contributed by atoms with Crippen molar-refractivity contribution in [2.45, 2.75) is 83.1 Å². The predicted molar refractivity (Wildman–Crippen MR) is 102 cm³/mol. The first-order valence-corrected chi connectivity index (χ1v) is 9.27. The van der Waals surface area contributed by atoms with Crippen LogP contribution >= 0.6 is 0 Å². The van der Waals surface area contributed by atoms with Crippen molar-refractivity contribution in [1.82, 2.24) is 4.90 Å². The fourth-order valence-electron chi connectivity index (χ4n) is 2.21. The summed E-state index contributed by atoms with van der Waals surface area (Å²) in [6.45, 7) is 32.2. The molecule has 0 rings (SSSR count). The number of rotatable bonds is 6. The Labute approximate surface area is 142 Å². The van der Waals surface area contributed by atoms with Gasteiger partial charge in [0.05, 0.1) is 0 Å². The van der Waals surface area contributed by atoms with Crippen LogP contribution in [0, 0.1) is 34.0 Å². The summed E-state index contributed by atoms with van der Waals surface area (Å²) in [5.74, 6) is 2.14. The van der Waals surface area contributed by atoms with Crippen molar-refractivity contribution in [2.24, 2.45) is 34.0 Å². The molecule has 0 aliphatic carbocycles. The minimum atomic E-state index is 0.383. The van der Waals surface area contributed by atoms with Crippen molar-refractivity contribution in [2.75, 3.05) is 19.6 Å². The zero-order valence-corrected chi connectivity index (χ0v) is 17.8. The summed E-state index contributed by atoms with van der Waals surface area (Å²) in [6, 6.07) is 0. The number of hydrogen-bond donors (Lipinski definition) is 0. The lowest BCUT2D eigenvalue weighted by Crippen LogP contribution is -2.43. The highest BCUT2D eigenvalue weighted by Crippen LogP contribution is 2.32. The topological polar surface area (TPSA) is 3.24 Å². The van der Waals surface area contributed by atoms with E-state index in [0.29, 0.717) is 34.0 Å². The van der Waals surface area contributed by atoms with Crippen LogP contribution in [0.5, 0.6) is 0 Å². The van der Waals surface area contributed by atoms with Gasteiger partial charge in [-0.25, -0.2) is 0 Å². The third kappa shape index (κ3) is 7.99. The second-order valence-electron chi connectivity index (χ2n) is 11.0. The van der Waals surface area contributed by atoms with Crippen LogP contribution in [0.3, 0.4) is 0 Å². The molecule has 0 aliphatic heterocycles. The van der Waals surface area contributed by atoms with E-state index >= 15 is 0 Å². The average molecular weight is 312 g/mol. The van der Waals surface area contributed by atoms with Crippen molar-refractivity contribution >= 4 is 0 Å². The van der Waals surface area contributed by atoms with E-state index in [1.54, 1.807) is 0 Å². The molecule has 0 N–H and O–H groups in total. The van der Waals surface area contributed by atoms with Crippen molar-refractivity contribution in [1.29, 1.82) is 0 Å². The van der Waals surface area contributed by atoms with Crippen molar-refractivity contribution < 1.29 is 0 Å². The van der Waals surface area contributed by atoms with E-state index in [-0.39, 0.29) is 0 Å². The summed E-state index contributed by atoms with van der Waals surface area (Å²) in [4.78, 5) is 2.74. The minimum absolute atomic E-state index is 0.383. The zero-order valence-electron chi connectivity index (χ0n) is 17.8. The monoisotopic (exact) mass is 311 g/mol. The van der Waals surface area contributed by atoms with Gasteiger partial charge in [-0.3, -0.25) is 0 Å². The fourth-order valence-corrected chi connectivity index (χ4v) is 2.21. The Balaban J connectivity index is 5.00. The molecule has 0 saturated carbocycles. The largest absolute Gasteiger partial charge is 0.302 e. The third-order valence-corrected chi connectivity index (χ3v) is 6.03. The standard InChI is InChI=1S/C21H45N/c1-16(19(4,5)6)13-22(14-17(2)20(7,8)9)15-18(3)21(10,11)12/h16-18H,13-15H2,1-12H3. The molecule has 1 nitrogen and oxygen atoms in total. The predicted octanol–water partition coefficient (Wildman–Crippen LogP) is 6.34. The van der Waals surface area contributed by atoms with E-state index in [9.17, 15) is 0 Å². The normalized spacial score (nSPS) is 18.4. The van der Waals surface area contributed by atoms with Crippen molar-refractivity contribution in [3.63, 3.8) is 0 Å². The van der Waals surface area contributed by atoms with Gasteiger partial charge < -0.3 is 4.90 Å². The average Bonchev–Trinajstić information content (AvgIpc) is 2.24. The van der Waals surface area contributed by atoms with Gasteiger partial charge in [0, 0.05) is 19.6 Å². The molecule has 0 fully saturated rings. The van der Waals surface area contributed by atoms with Crippen molar-refractivity contribution in [3.8, 4) is 0 Å². The van der Waals surface area contributed by atoms with Gasteiger partial charge in [0.15, 0.2) is 0 Å². The van der Waals surface area contributed by atoms with Gasteiger partial charge in [-0.15, -0.1) is 0 Å². The fraction of sp³-hybridized carbons (Fsp3) is 1.00. The van der Waals surface area contributed by atoms with Crippen LogP contribution in [0.4, 0.5) is 0 Å². The maximum atomic E-state index is 2.74. The molecule has 0 bridgehead atoms. The Morgan fingerprint density at radius 1 is 0.500 bits per heavy atom. The van der Waals surface area contributed by atoms with Crippen molar-refractivity contribution in [3.05, 3.63) is 0 Å². The summed E-state index contributed by atoms with van der Waals surface area (Å²) in [7, 11) is 0. The highest BCUT2D eigenvalue weighted by molar-refractivity contribution is 4.81. The summed E-state index contributed by atoms with van der Waals surface area (Å²) in [5, 5.41) is 0. The van der Waals surface area contributed by atoms with Crippen LogP contribution in [-0.2, 0) is 0 Å². The van der Waals surface area contributed by atoms with Gasteiger partial charge >= 0.3 is 0 Å². The van der Waals surface area contributed by atoms with E-state index < -0.39 is 0 Å². The lowest BCUT2D eigenvalue weighted by molar-refractivity contribution is 0.0835. The first kappa shape index (κ1) is 22.0. The molecule has 0 heterocycles. The molecule has 0 aromatic rings. The highest BCUT2D eigenvalue weighted by atomic mass is 15.1. The molecule has 0 amide bonds. The molecule has 0 spiro atoms. The molecule has 3 unspecified atom stereocenters. The number of nitrogens with zero attached hydrogens (tertiary/aromatic N) is 1. The van der Waals surface area contributed by atoms with Crippen LogP contribution < -0.4 is 0 Å². The first-order valence-electron chi connectivity index (χ1n) is 9.27. The Morgan fingerprint density at radius 2 is 0.682 bits per heavy atom. The lowest BCUT2D eigenvalue weighted by atomic mass is 9.78. The molecule has 0 radical (unpaired) electrons. The Hall–Kier alpha value is -0.0400. The molecule has 134 valence electrons. The van der Waals surface area contributed by atoms with E-state index in [1.165, 1.54) is 19.6 Å². The maximum Gasteiger partial charge on any atom is 0.00123 e. The van der Waals surface area contributed by atoms with Crippen LogP contribution in [0.2, 0.25) is 0 Å². The van der Waals surface area contributed by atoms with E-state index in [2.05, 4.69) is 88.0 Å². The molecule has 3 atom stereocenters. The molecule has 22 heavy (non-hydrogen) atoms. The third-order valence-electron chi connectivity index (χ3n) is 6.03. The summed E-state index contributed by atoms with van der Waals surface area (Å²) in [6.07, 6.45) is 0.